The van der Waals surface area contributed by atoms with Crippen LogP contribution in [0, 0.1) is 3.57 Å². The Bertz CT molecular complexity index is 438. The van der Waals surface area contributed by atoms with Gasteiger partial charge in [-0.2, -0.15) is 0 Å². The molecule has 0 atom stereocenters. The van der Waals surface area contributed by atoms with Crippen molar-refractivity contribution in [1.82, 2.24) is 0 Å². The molecule has 0 fully saturated rings. The van der Waals surface area contributed by atoms with Gasteiger partial charge in [-0.15, -0.1) is 11.3 Å². The number of halogens is 1. The van der Waals surface area contributed by atoms with Gasteiger partial charge in [0.25, 0.3) is 0 Å². The van der Waals surface area contributed by atoms with Gasteiger partial charge >= 0.3 is 0 Å². The van der Waals surface area contributed by atoms with Gasteiger partial charge < -0.3 is 10.8 Å². The van der Waals surface area contributed by atoms with Crippen LogP contribution in [0.15, 0.2) is 17.5 Å². The first-order chi connectivity index (χ1) is 5.70. The lowest BCUT2D eigenvalue weighted by atomic mass is 10.2. The van der Waals surface area contributed by atoms with E-state index in [1.54, 1.807) is 11.3 Å². The van der Waals surface area contributed by atoms with Gasteiger partial charge in [0.2, 0.25) is 0 Å². The zero-order valence-electron chi connectivity index (χ0n) is 6.04. The van der Waals surface area contributed by atoms with Crippen LogP contribution in [0.1, 0.15) is 0 Å². The average molecular weight is 291 g/mol. The minimum Gasteiger partial charge on any atom is -0.505 e. The first kappa shape index (κ1) is 8.12. The zero-order chi connectivity index (χ0) is 8.72. The Balaban J connectivity index is 2.94. The summed E-state index contributed by atoms with van der Waals surface area (Å²) in [6.07, 6.45) is 0. The molecule has 0 aliphatic carbocycles. The van der Waals surface area contributed by atoms with Crippen LogP contribution in [0.3, 0.4) is 0 Å². The van der Waals surface area contributed by atoms with Gasteiger partial charge in [-0.3, -0.25) is 0 Å². The van der Waals surface area contributed by atoms with E-state index in [4.69, 9.17) is 5.73 Å². The Hall–Kier alpha value is -0.490. The topological polar surface area (TPSA) is 46.2 Å². The minimum absolute atomic E-state index is 0.196. The highest BCUT2D eigenvalue weighted by atomic mass is 127. The number of benzene rings is 1. The molecule has 62 valence electrons. The summed E-state index contributed by atoms with van der Waals surface area (Å²) in [4.78, 5) is 0. The van der Waals surface area contributed by atoms with E-state index in [-0.39, 0.29) is 5.75 Å². The van der Waals surface area contributed by atoms with E-state index in [0.717, 1.165) is 13.7 Å². The Morgan fingerprint density at radius 3 is 3.00 bits per heavy atom. The van der Waals surface area contributed by atoms with E-state index in [1.807, 2.05) is 17.5 Å². The standard InChI is InChI=1S/C8H6INOS/c9-5-3-6-4(1-2-12-6)7(10)8(5)11/h1-3,11H,10H2. The Kier molecular flexibility index (Phi) is 1.88. The van der Waals surface area contributed by atoms with Gasteiger partial charge in [-0.1, -0.05) is 0 Å². The van der Waals surface area contributed by atoms with Crippen LogP contribution in [0.4, 0.5) is 5.69 Å². The molecule has 0 spiro atoms. The predicted octanol–water partition coefficient (Wildman–Crippen LogP) is 2.79. The normalized spacial score (nSPS) is 10.8. The molecule has 2 rings (SSSR count). The Labute approximate surface area is 87.1 Å². The van der Waals surface area contributed by atoms with Crippen molar-refractivity contribution in [3.8, 4) is 5.75 Å². The zero-order valence-corrected chi connectivity index (χ0v) is 9.02. The van der Waals surface area contributed by atoms with Crippen molar-refractivity contribution in [2.75, 3.05) is 5.73 Å². The number of hydrogen-bond acceptors (Lipinski definition) is 3. The number of phenolic OH excluding ortho intramolecular Hbond substituents is 1. The van der Waals surface area contributed by atoms with E-state index in [9.17, 15) is 5.11 Å². The van der Waals surface area contributed by atoms with Crippen LogP contribution >= 0.6 is 33.9 Å². The first-order valence-corrected chi connectivity index (χ1v) is 5.30. The molecule has 1 aromatic heterocycles. The largest absolute Gasteiger partial charge is 0.505 e. The van der Waals surface area contributed by atoms with Gasteiger partial charge in [0.1, 0.15) is 0 Å². The molecular weight excluding hydrogens is 285 g/mol. The molecule has 3 N–H and O–H groups in total. The lowest BCUT2D eigenvalue weighted by Gasteiger charge is -2.02. The summed E-state index contributed by atoms with van der Waals surface area (Å²) in [5.74, 6) is 0.196. The number of aromatic hydroxyl groups is 1. The van der Waals surface area contributed by atoms with Gasteiger partial charge in [0, 0.05) is 10.1 Å². The average Bonchev–Trinajstić information content (AvgIpc) is 2.48. The predicted molar refractivity (Wildman–Crippen MR) is 60.6 cm³/mol. The summed E-state index contributed by atoms with van der Waals surface area (Å²) in [7, 11) is 0. The van der Waals surface area contributed by atoms with E-state index in [2.05, 4.69) is 22.6 Å². The molecule has 0 bridgehead atoms. The maximum atomic E-state index is 9.49. The monoisotopic (exact) mass is 291 g/mol. The number of hydrogen-bond donors (Lipinski definition) is 2. The van der Waals surface area contributed by atoms with Crippen molar-refractivity contribution >= 4 is 49.7 Å². The maximum Gasteiger partial charge on any atom is 0.152 e. The summed E-state index contributed by atoms with van der Waals surface area (Å²) in [5, 5.41) is 12.4. The van der Waals surface area contributed by atoms with Gasteiger partial charge in [0.05, 0.1) is 9.26 Å². The van der Waals surface area contributed by atoms with E-state index >= 15 is 0 Å². The molecule has 1 heterocycles. The molecule has 1 aromatic carbocycles. The third-order valence-corrected chi connectivity index (χ3v) is 3.41. The van der Waals surface area contributed by atoms with Crippen molar-refractivity contribution in [1.29, 1.82) is 0 Å². The molecule has 0 radical (unpaired) electrons. The van der Waals surface area contributed by atoms with E-state index < -0.39 is 0 Å². The fourth-order valence-corrected chi connectivity index (χ4v) is 2.75. The number of phenols is 1. The third kappa shape index (κ3) is 1.06. The molecule has 0 aliphatic rings. The Morgan fingerprint density at radius 2 is 2.25 bits per heavy atom. The smallest absolute Gasteiger partial charge is 0.152 e. The number of nitrogen functional groups attached to an aromatic ring is 1. The van der Waals surface area contributed by atoms with E-state index in [0.29, 0.717) is 5.69 Å². The van der Waals surface area contributed by atoms with Crippen molar-refractivity contribution < 1.29 is 5.11 Å². The lowest BCUT2D eigenvalue weighted by molar-refractivity contribution is 0.475. The molecule has 0 saturated heterocycles. The molecule has 0 unspecified atom stereocenters. The van der Waals surface area contributed by atoms with Crippen LogP contribution in [0.25, 0.3) is 10.1 Å². The maximum absolute atomic E-state index is 9.49. The molecular formula is C8H6INOS. The first-order valence-electron chi connectivity index (χ1n) is 3.34. The molecule has 2 nitrogen and oxygen atoms in total. The highest BCUT2D eigenvalue weighted by Crippen LogP contribution is 2.36. The molecule has 12 heavy (non-hydrogen) atoms. The van der Waals surface area contributed by atoms with Crippen molar-refractivity contribution in [3.63, 3.8) is 0 Å². The molecule has 2 aromatic rings. The molecule has 0 amide bonds. The quantitative estimate of drug-likeness (QED) is 0.445. The molecule has 0 aliphatic heterocycles. The number of rotatable bonds is 0. The van der Waals surface area contributed by atoms with Crippen molar-refractivity contribution in [2.24, 2.45) is 0 Å². The number of nitrogens with two attached hydrogens (primary N) is 1. The lowest BCUT2D eigenvalue weighted by Crippen LogP contribution is -1.87. The summed E-state index contributed by atoms with van der Waals surface area (Å²) in [5.41, 5.74) is 6.20. The summed E-state index contributed by atoms with van der Waals surface area (Å²) in [6.45, 7) is 0. The van der Waals surface area contributed by atoms with Crippen molar-refractivity contribution in [3.05, 3.63) is 21.1 Å². The van der Waals surface area contributed by atoms with Crippen LogP contribution in [0.2, 0.25) is 0 Å². The third-order valence-electron chi connectivity index (χ3n) is 1.72. The second kappa shape index (κ2) is 2.77. The van der Waals surface area contributed by atoms with Gasteiger partial charge in [-0.05, 0) is 40.1 Å². The van der Waals surface area contributed by atoms with Gasteiger partial charge in [0.15, 0.2) is 5.75 Å². The molecule has 0 saturated carbocycles. The number of fused-ring (bicyclic) bond motifs is 1. The van der Waals surface area contributed by atoms with Crippen LogP contribution in [0.5, 0.6) is 5.75 Å². The fourth-order valence-electron chi connectivity index (χ4n) is 1.09. The van der Waals surface area contributed by atoms with E-state index in [1.165, 1.54) is 0 Å². The molecule has 4 heteroatoms. The minimum atomic E-state index is 0.196. The second-order valence-electron chi connectivity index (χ2n) is 2.45. The fraction of sp³-hybridized carbons (Fsp3) is 0. The number of thiophene rings is 1. The number of anilines is 1. The highest BCUT2D eigenvalue weighted by molar-refractivity contribution is 14.1. The Morgan fingerprint density at radius 1 is 1.50 bits per heavy atom. The second-order valence-corrected chi connectivity index (χ2v) is 4.56. The van der Waals surface area contributed by atoms with Crippen LogP contribution < -0.4 is 5.73 Å². The summed E-state index contributed by atoms with van der Waals surface area (Å²) < 4.78 is 1.93. The summed E-state index contributed by atoms with van der Waals surface area (Å²) >= 11 is 3.70. The van der Waals surface area contributed by atoms with Crippen LogP contribution in [-0.2, 0) is 0 Å². The van der Waals surface area contributed by atoms with Crippen LogP contribution in [-0.4, -0.2) is 5.11 Å². The SMILES string of the molecule is Nc1c(O)c(I)cc2sccc12. The van der Waals surface area contributed by atoms with Gasteiger partial charge in [-0.25, -0.2) is 0 Å². The summed E-state index contributed by atoms with van der Waals surface area (Å²) in [6, 6.07) is 3.86. The highest BCUT2D eigenvalue weighted by Gasteiger charge is 2.07. The van der Waals surface area contributed by atoms with Crippen molar-refractivity contribution in [2.45, 2.75) is 0 Å².